The van der Waals surface area contributed by atoms with Crippen molar-refractivity contribution < 1.29 is 4.79 Å². The number of nitrogens with one attached hydrogen (secondary N) is 1. The number of imidazole rings is 1. The Kier molecular flexibility index (Phi) is 3.59. The van der Waals surface area contributed by atoms with Gasteiger partial charge < -0.3 is 11.1 Å². The van der Waals surface area contributed by atoms with Gasteiger partial charge in [-0.1, -0.05) is 0 Å². The Morgan fingerprint density at radius 3 is 3.17 bits per heavy atom. The Labute approximate surface area is 137 Å². The maximum atomic E-state index is 12.4. The lowest BCUT2D eigenvalue weighted by atomic mass is 10.2. The van der Waals surface area contributed by atoms with E-state index in [2.05, 4.69) is 15.4 Å². The third kappa shape index (κ3) is 2.62. The number of nitrogens with zero attached hydrogens (tertiary/aromatic N) is 3. The molecule has 3 heterocycles. The quantitative estimate of drug-likeness (QED) is 0.771. The zero-order chi connectivity index (χ0) is 15.8. The van der Waals surface area contributed by atoms with Crippen molar-refractivity contribution in [3.8, 4) is 11.3 Å². The molecule has 7 heteroatoms. The monoisotopic (exact) mass is 327 g/mol. The molecular weight excluding hydrogens is 310 g/mol. The number of aromatic nitrogens is 3. The van der Waals surface area contributed by atoms with E-state index in [-0.39, 0.29) is 18.0 Å². The number of thiophene rings is 1. The van der Waals surface area contributed by atoms with Crippen LogP contribution in [-0.2, 0) is 0 Å². The molecule has 3 aromatic heterocycles. The van der Waals surface area contributed by atoms with E-state index < -0.39 is 0 Å². The van der Waals surface area contributed by atoms with Crippen molar-refractivity contribution in [1.82, 2.24) is 19.9 Å². The fourth-order valence-corrected chi connectivity index (χ4v) is 3.83. The fourth-order valence-electron chi connectivity index (χ4n) is 3.02. The van der Waals surface area contributed by atoms with Crippen LogP contribution in [0.2, 0.25) is 0 Å². The molecule has 3 aromatic rings. The zero-order valence-electron chi connectivity index (χ0n) is 12.5. The Bertz CT molecular complexity index is 855. The van der Waals surface area contributed by atoms with E-state index in [4.69, 9.17) is 5.73 Å². The van der Waals surface area contributed by atoms with E-state index in [1.807, 2.05) is 23.6 Å². The highest BCUT2D eigenvalue weighted by Gasteiger charge is 2.26. The van der Waals surface area contributed by atoms with Crippen LogP contribution in [0, 0.1) is 0 Å². The largest absolute Gasteiger partial charge is 0.347 e. The van der Waals surface area contributed by atoms with Crippen LogP contribution in [0.4, 0.5) is 0 Å². The molecule has 1 amide bonds. The lowest BCUT2D eigenvalue weighted by Gasteiger charge is -2.16. The minimum Gasteiger partial charge on any atom is -0.347 e. The summed E-state index contributed by atoms with van der Waals surface area (Å²) in [5.41, 5.74) is 8.64. The molecule has 0 bridgehead atoms. The molecule has 4 rings (SSSR count). The summed E-state index contributed by atoms with van der Waals surface area (Å²) in [5, 5.41) is 9.32. The van der Waals surface area contributed by atoms with Gasteiger partial charge in [-0.2, -0.15) is 5.10 Å². The van der Waals surface area contributed by atoms with Gasteiger partial charge in [0.05, 0.1) is 16.8 Å². The number of hydrogen-bond donors (Lipinski definition) is 2. The van der Waals surface area contributed by atoms with Crippen molar-refractivity contribution in [3.63, 3.8) is 0 Å². The lowest BCUT2D eigenvalue weighted by Crippen LogP contribution is -2.43. The molecule has 118 valence electrons. The van der Waals surface area contributed by atoms with Crippen molar-refractivity contribution in [2.45, 2.75) is 31.3 Å². The minimum absolute atomic E-state index is 0.0506. The lowest BCUT2D eigenvalue weighted by molar-refractivity contribution is 0.0938. The predicted octanol–water partition coefficient (Wildman–Crippen LogP) is 2.07. The summed E-state index contributed by atoms with van der Waals surface area (Å²) in [6.07, 6.45) is 6.52. The molecule has 0 aromatic carbocycles. The molecule has 0 radical (unpaired) electrons. The van der Waals surface area contributed by atoms with Gasteiger partial charge in [0.15, 0.2) is 5.65 Å². The second kappa shape index (κ2) is 5.75. The normalized spacial score (nSPS) is 20.9. The van der Waals surface area contributed by atoms with Crippen molar-refractivity contribution in [2.24, 2.45) is 5.73 Å². The van der Waals surface area contributed by atoms with Gasteiger partial charge in [-0.25, -0.2) is 9.50 Å². The van der Waals surface area contributed by atoms with E-state index in [1.54, 1.807) is 16.9 Å². The van der Waals surface area contributed by atoms with E-state index in [0.29, 0.717) is 4.88 Å². The third-order valence-corrected chi connectivity index (χ3v) is 5.21. The van der Waals surface area contributed by atoms with Crippen LogP contribution in [0.15, 0.2) is 36.0 Å². The summed E-state index contributed by atoms with van der Waals surface area (Å²) in [6.45, 7) is 0. The molecule has 2 atom stereocenters. The molecule has 0 unspecified atom stereocenters. The van der Waals surface area contributed by atoms with Crippen LogP contribution >= 0.6 is 11.3 Å². The Balaban J connectivity index is 1.58. The second-order valence-electron chi connectivity index (χ2n) is 5.81. The van der Waals surface area contributed by atoms with Crippen LogP contribution in [0.1, 0.15) is 28.9 Å². The zero-order valence-corrected chi connectivity index (χ0v) is 13.3. The number of carbonyl (C=O) groups is 1. The van der Waals surface area contributed by atoms with Gasteiger partial charge in [-0.15, -0.1) is 11.3 Å². The standard InChI is InChI=1S/C16H17N5OS/c17-11-3-1-4-12(11)20-16(22)14-7-10(9-23-14)13-8-18-15-5-2-6-19-21(13)15/h2,5-9,11-12H,1,3-4,17H2,(H,20,22)/t11-,12+/m1/s1. The number of rotatable bonds is 3. The molecule has 0 spiro atoms. The topological polar surface area (TPSA) is 85.3 Å². The molecule has 0 aliphatic heterocycles. The average molecular weight is 327 g/mol. The van der Waals surface area contributed by atoms with Gasteiger partial charge in [0.25, 0.3) is 5.91 Å². The highest BCUT2D eigenvalue weighted by atomic mass is 32.1. The maximum absolute atomic E-state index is 12.4. The molecule has 0 saturated heterocycles. The molecule has 3 N–H and O–H groups in total. The van der Waals surface area contributed by atoms with Gasteiger partial charge in [0.2, 0.25) is 0 Å². The van der Waals surface area contributed by atoms with Crippen LogP contribution in [-0.4, -0.2) is 32.6 Å². The van der Waals surface area contributed by atoms with E-state index >= 15 is 0 Å². The molecule has 23 heavy (non-hydrogen) atoms. The van der Waals surface area contributed by atoms with Crippen LogP contribution in [0.25, 0.3) is 16.9 Å². The summed E-state index contributed by atoms with van der Waals surface area (Å²) in [4.78, 5) is 17.4. The van der Waals surface area contributed by atoms with Gasteiger partial charge >= 0.3 is 0 Å². The molecule has 1 fully saturated rings. The molecule has 1 saturated carbocycles. The minimum atomic E-state index is -0.0506. The summed E-state index contributed by atoms with van der Waals surface area (Å²) in [6, 6.07) is 5.80. The summed E-state index contributed by atoms with van der Waals surface area (Å²) in [5.74, 6) is -0.0506. The van der Waals surface area contributed by atoms with E-state index in [9.17, 15) is 4.79 Å². The first-order valence-corrected chi connectivity index (χ1v) is 8.54. The number of fused-ring (bicyclic) bond motifs is 1. The van der Waals surface area contributed by atoms with Crippen LogP contribution in [0.3, 0.4) is 0 Å². The highest BCUT2D eigenvalue weighted by Crippen LogP contribution is 2.26. The van der Waals surface area contributed by atoms with Gasteiger partial charge in [-0.05, 0) is 37.5 Å². The molecule has 6 nitrogen and oxygen atoms in total. The smallest absolute Gasteiger partial charge is 0.261 e. The van der Waals surface area contributed by atoms with Crippen LogP contribution in [0.5, 0.6) is 0 Å². The first kappa shape index (κ1) is 14.3. The summed E-state index contributed by atoms with van der Waals surface area (Å²) >= 11 is 1.43. The van der Waals surface area contributed by atoms with Crippen molar-refractivity contribution in [2.75, 3.05) is 0 Å². The average Bonchev–Trinajstić information content (AvgIpc) is 3.27. The van der Waals surface area contributed by atoms with E-state index in [1.165, 1.54) is 11.3 Å². The second-order valence-corrected chi connectivity index (χ2v) is 6.72. The van der Waals surface area contributed by atoms with Gasteiger partial charge in [0.1, 0.15) is 0 Å². The molecule has 1 aliphatic rings. The Hall–Kier alpha value is -2.25. The first-order valence-electron chi connectivity index (χ1n) is 7.66. The third-order valence-electron chi connectivity index (χ3n) is 4.28. The number of nitrogens with two attached hydrogens (primary N) is 1. The predicted molar refractivity (Wildman–Crippen MR) is 89.4 cm³/mol. The number of hydrogen-bond acceptors (Lipinski definition) is 5. The van der Waals surface area contributed by atoms with Crippen molar-refractivity contribution in [3.05, 3.63) is 40.8 Å². The van der Waals surface area contributed by atoms with Gasteiger partial charge in [0, 0.05) is 29.2 Å². The van der Waals surface area contributed by atoms with Crippen LogP contribution < -0.4 is 11.1 Å². The Morgan fingerprint density at radius 1 is 1.43 bits per heavy atom. The summed E-state index contributed by atoms with van der Waals surface area (Å²) in [7, 11) is 0. The number of carbonyl (C=O) groups excluding carboxylic acids is 1. The fraction of sp³-hybridized carbons (Fsp3) is 0.312. The maximum Gasteiger partial charge on any atom is 0.261 e. The molecular formula is C16H17N5OS. The SMILES string of the molecule is N[C@@H]1CCC[C@@H]1NC(=O)c1cc(-c2cnc3cccnn23)cs1. The van der Waals surface area contributed by atoms with Crippen molar-refractivity contribution >= 4 is 22.9 Å². The van der Waals surface area contributed by atoms with E-state index in [0.717, 1.165) is 36.2 Å². The van der Waals surface area contributed by atoms with Gasteiger partial charge in [-0.3, -0.25) is 4.79 Å². The van der Waals surface area contributed by atoms with Crippen molar-refractivity contribution in [1.29, 1.82) is 0 Å². The summed E-state index contributed by atoms with van der Waals surface area (Å²) < 4.78 is 1.77. The highest BCUT2D eigenvalue weighted by molar-refractivity contribution is 7.12. The molecule has 1 aliphatic carbocycles. The first-order chi connectivity index (χ1) is 11.2. The number of amides is 1. The Morgan fingerprint density at radius 2 is 2.35 bits per heavy atom.